The molecule has 120 valence electrons. The molecule has 1 fully saturated rings. The normalized spacial score (nSPS) is 19.3. The molecule has 0 spiro atoms. The van der Waals surface area contributed by atoms with Crippen LogP contribution in [0.15, 0.2) is 24.5 Å². The van der Waals surface area contributed by atoms with Crippen molar-refractivity contribution in [2.75, 3.05) is 13.7 Å². The SMILES string of the molecule is COc1ccc([C@H]2C[C@@H]2COc2nc(C)ncc2B(F)F)nc1. The minimum Gasteiger partial charge on any atom is -0.495 e. The van der Waals surface area contributed by atoms with Crippen molar-refractivity contribution in [1.29, 1.82) is 0 Å². The van der Waals surface area contributed by atoms with E-state index >= 15 is 0 Å². The molecule has 2 atom stereocenters. The van der Waals surface area contributed by atoms with Gasteiger partial charge in [0.15, 0.2) is 0 Å². The van der Waals surface area contributed by atoms with Gasteiger partial charge in [-0.1, -0.05) is 0 Å². The lowest BCUT2D eigenvalue weighted by atomic mass is 9.88. The van der Waals surface area contributed by atoms with E-state index in [1.54, 1.807) is 20.2 Å². The number of ether oxygens (including phenoxy) is 2. The van der Waals surface area contributed by atoms with Gasteiger partial charge in [0, 0.05) is 23.7 Å². The van der Waals surface area contributed by atoms with Gasteiger partial charge < -0.3 is 9.47 Å². The van der Waals surface area contributed by atoms with E-state index in [-0.39, 0.29) is 17.3 Å². The third-order valence-electron chi connectivity index (χ3n) is 3.87. The molecule has 1 aliphatic carbocycles. The lowest BCUT2D eigenvalue weighted by Gasteiger charge is -2.09. The second kappa shape index (κ2) is 6.48. The van der Waals surface area contributed by atoms with Gasteiger partial charge in [-0.05, 0) is 25.5 Å². The van der Waals surface area contributed by atoms with Crippen LogP contribution in [0.1, 0.15) is 23.9 Å². The summed E-state index contributed by atoms with van der Waals surface area (Å²) in [6, 6.07) is 3.78. The second-order valence-electron chi connectivity index (χ2n) is 5.51. The molecule has 0 saturated heterocycles. The van der Waals surface area contributed by atoms with Crippen molar-refractivity contribution in [1.82, 2.24) is 15.0 Å². The Hall–Kier alpha value is -2.25. The van der Waals surface area contributed by atoms with Crippen molar-refractivity contribution in [2.45, 2.75) is 19.3 Å². The molecule has 3 rings (SSSR count). The zero-order valence-corrected chi connectivity index (χ0v) is 12.9. The Bertz CT molecular complexity index is 685. The van der Waals surface area contributed by atoms with Crippen LogP contribution in [-0.2, 0) is 0 Å². The van der Waals surface area contributed by atoms with Gasteiger partial charge in [-0.3, -0.25) is 13.6 Å². The molecule has 0 bridgehead atoms. The Labute approximate surface area is 133 Å². The lowest BCUT2D eigenvalue weighted by Crippen LogP contribution is -2.26. The van der Waals surface area contributed by atoms with Crippen molar-refractivity contribution >= 4 is 12.7 Å². The van der Waals surface area contributed by atoms with Gasteiger partial charge in [0.1, 0.15) is 11.6 Å². The van der Waals surface area contributed by atoms with Crippen molar-refractivity contribution in [3.63, 3.8) is 0 Å². The maximum atomic E-state index is 12.9. The number of hydrogen-bond acceptors (Lipinski definition) is 5. The predicted octanol–water partition coefficient (Wildman–Crippen LogP) is 2.01. The molecule has 0 aliphatic heterocycles. The number of aryl methyl sites for hydroxylation is 1. The fraction of sp³-hybridized carbons (Fsp3) is 0.400. The van der Waals surface area contributed by atoms with Gasteiger partial charge in [-0.25, -0.2) is 4.98 Å². The van der Waals surface area contributed by atoms with Crippen LogP contribution in [0.25, 0.3) is 0 Å². The summed E-state index contributed by atoms with van der Waals surface area (Å²) < 4.78 is 36.5. The molecular formula is C15H16BF2N3O2. The van der Waals surface area contributed by atoms with E-state index in [9.17, 15) is 8.63 Å². The number of pyridine rings is 1. The van der Waals surface area contributed by atoms with Gasteiger partial charge in [0.2, 0.25) is 5.88 Å². The van der Waals surface area contributed by atoms with Crippen molar-refractivity contribution in [2.24, 2.45) is 5.92 Å². The average Bonchev–Trinajstić information content (AvgIpc) is 3.32. The first kappa shape index (κ1) is 15.6. The maximum absolute atomic E-state index is 12.9. The van der Waals surface area contributed by atoms with Crippen LogP contribution in [0.4, 0.5) is 8.63 Å². The first-order chi connectivity index (χ1) is 11.1. The zero-order valence-electron chi connectivity index (χ0n) is 12.9. The van der Waals surface area contributed by atoms with Gasteiger partial charge >= 0.3 is 7.27 Å². The van der Waals surface area contributed by atoms with Crippen LogP contribution in [0.3, 0.4) is 0 Å². The Morgan fingerprint density at radius 2 is 2.09 bits per heavy atom. The Morgan fingerprint density at radius 1 is 1.26 bits per heavy atom. The largest absolute Gasteiger partial charge is 0.578 e. The van der Waals surface area contributed by atoms with Gasteiger partial charge in [0.25, 0.3) is 0 Å². The highest BCUT2D eigenvalue weighted by Gasteiger charge is 2.40. The smallest absolute Gasteiger partial charge is 0.495 e. The number of nitrogens with zero attached hydrogens (tertiary/aromatic N) is 3. The van der Waals surface area contributed by atoms with E-state index in [2.05, 4.69) is 15.0 Å². The average molecular weight is 319 g/mol. The molecule has 2 heterocycles. The molecule has 2 aromatic heterocycles. The van der Waals surface area contributed by atoms with Crippen LogP contribution < -0.4 is 14.9 Å². The number of hydrogen-bond donors (Lipinski definition) is 0. The molecule has 0 radical (unpaired) electrons. The van der Waals surface area contributed by atoms with E-state index in [1.165, 1.54) is 0 Å². The topological polar surface area (TPSA) is 57.1 Å². The number of halogens is 2. The summed E-state index contributed by atoms with van der Waals surface area (Å²) in [7, 11) is -1.06. The van der Waals surface area contributed by atoms with Crippen molar-refractivity contribution in [3.8, 4) is 11.6 Å². The van der Waals surface area contributed by atoms with Crippen LogP contribution in [0, 0.1) is 12.8 Å². The highest BCUT2D eigenvalue weighted by molar-refractivity contribution is 6.60. The number of aromatic nitrogens is 3. The van der Waals surface area contributed by atoms with Gasteiger partial charge in [-0.2, -0.15) is 4.98 Å². The fourth-order valence-corrected chi connectivity index (χ4v) is 2.44. The molecule has 0 aromatic carbocycles. The molecule has 2 aromatic rings. The predicted molar refractivity (Wildman–Crippen MR) is 81.5 cm³/mol. The van der Waals surface area contributed by atoms with Crippen LogP contribution >= 0.6 is 0 Å². The fourth-order valence-electron chi connectivity index (χ4n) is 2.44. The Balaban J connectivity index is 1.61. The summed E-state index contributed by atoms with van der Waals surface area (Å²) in [5, 5.41) is 0. The Kier molecular flexibility index (Phi) is 4.41. The summed E-state index contributed by atoms with van der Waals surface area (Å²) in [5.74, 6) is 1.64. The lowest BCUT2D eigenvalue weighted by molar-refractivity contribution is 0.286. The van der Waals surface area contributed by atoms with E-state index in [0.717, 1.165) is 18.3 Å². The number of rotatable bonds is 6. The quantitative estimate of drug-likeness (QED) is 0.762. The third-order valence-corrected chi connectivity index (χ3v) is 3.87. The maximum Gasteiger partial charge on any atom is 0.578 e. The first-order valence-corrected chi connectivity index (χ1v) is 7.33. The summed E-state index contributed by atoms with van der Waals surface area (Å²) in [6.45, 7) is 1.98. The molecule has 5 nitrogen and oxygen atoms in total. The van der Waals surface area contributed by atoms with Crippen LogP contribution in [0.5, 0.6) is 11.6 Å². The molecule has 1 aliphatic rings. The molecule has 8 heteroatoms. The zero-order chi connectivity index (χ0) is 16.4. The molecule has 0 N–H and O–H groups in total. The van der Waals surface area contributed by atoms with Gasteiger partial charge in [-0.15, -0.1) is 0 Å². The number of methoxy groups -OCH3 is 1. The van der Waals surface area contributed by atoms with E-state index in [0.29, 0.717) is 24.1 Å². The van der Waals surface area contributed by atoms with E-state index in [1.807, 2.05) is 12.1 Å². The second-order valence-corrected chi connectivity index (χ2v) is 5.51. The Morgan fingerprint density at radius 3 is 2.74 bits per heavy atom. The third kappa shape index (κ3) is 3.57. The molecule has 1 saturated carbocycles. The minimum atomic E-state index is -2.65. The van der Waals surface area contributed by atoms with Gasteiger partial charge in [0.05, 0.1) is 25.4 Å². The summed E-state index contributed by atoms with van der Waals surface area (Å²) in [5.41, 5.74) is 0.697. The van der Waals surface area contributed by atoms with Crippen LogP contribution in [0.2, 0.25) is 0 Å². The monoisotopic (exact) mass is 319 g/mol. The first-order valence-electron chi connectivity index (χ1n) is 7.33. The molecular weight excluding hydrogens is 303 g/mol. The minimum absolute atomic E-state index is 0.0270. The molecule has 23 heavy (non-hydrogen) atoms. The standard InChI is InChI=1S/C15H16BF2N3O2/c1-9-19-7-13(16(17)18)15(21-9)23-8-10-5-12(10)14-4-3-11(22-2)6-20-14/h3-4,6-7,10,12H,5,8H2,1-2H3/t10-,12+/m1/s1. The molecule has 0 unspecified atom stereocenters. The highest BCUT2D eigenvalue weighted by atomic mass is 19.2. The van der Waals surface area contributed by atoms with Crippen molar-refractivity contribution in [3.05, 3.63) is 36.0 Å². The summed E-state index contributed by atoms with van der Waals surface area (Å²) >= 11 is 0. The highest BCUT2D eigenvalue weighted by Crippen LogP contribution is 2.46. The summed E-state index contributed by atoms with van der Waals surface area (Å²) in [4.78, 5) is 12.1. The molecule has 0 amide bonds. The van der Waals surface area contributed by atoms with Crippen LogP contribution in [-0.4, -0.2) is 35.9 Å². The van der Waals surface area contributed by atoms with E-state index < -0.39 is 7.27 Å². The summed E-state index contributed by atoms with van der Waals surface area (Å²) in [6.07, 6.45) is 3.72. The van der Waals surface area contributed by atoms with Crippen molar-refractivity contribution < 1.29 is 18.1 Å². The van der Waals surface area contributed by atoms with E-state index in [4.69, 9.17) is 9.47 Å².